The highest BCUT2D eigenvalue weighted by Crippen LogP contribution is 2.23. The maximum atomic E-state index is 12.1. The Labute approximate surface area is 143 Å². The SMILES string of the molecule is CCS(=O)(=O)c1ccc(C(=O)NCc2ccc(Cl)cc2Cl)s1. The van der Waals surface area contributed by atoms with Gasteiger partial charge < -0.3 is 5.32 Å². The number of hydrogen-bond donors (Lipinski definition) is 1. The van der Waals surface area contributed by atoms with Gasteiger partial charge >= 0.3 is 0 Å². The molecule has 2 aromatic rings. The summed E-state index contributed by atoms with van der Waals surface area (Å²) < 4.78 is 23.7. The molecule has 1 aromatic heterocycles. The Balaban J connectivity index is 2.07. The molecule has 0 bridgehead atoms. The molecular formula is C14H13Cl2NO3S2. The van der Waals surface area contributed by atoms with Gasteiger partial charge in [-0.15, -0.1) is 11.3 Å². The van der Waals surface area contributed by atoms with Crippen molar-refractivity contribution in [2.45, 2.75) is 17.7 Å². The van der Waals surface area contributed by atoms with E-state index >= 15 is 0 Å². The van der Waals surface area contributed by atoms with Gasteiger partial charge in [-0.25, -0.2) is 8.42 Å². The smallest absolute Gasteiger partial charge is 0.261 e. The van der Waals surface area contributed by atoms with Gasteiger partial charge in [0, 0.05) is 16.6 Å². The number of hydrogen-bond acceptors (Lipinski definition) is 4. The van der Waals surface area contributed by atoms with E-state index in [0.717, 1.165) is 16.9 Å². The van der Waals surface area contributed by atoms with Gasteiger partial charge in [0.05, 0.1) is 10.6 Å². The largest absolute Gasteiger partial charge is 0.347 e. The van der Waals surface area contributed by atoms with Gasteiger partial charge in [-0.1, -0.05) is 36.2 Å². The van der Waals surface area contributed by atoms with E-state index in [-0.39, 0.29) is 22.4 Å². The quantitative estimate of drug-likeness (QED) is 0.861. The first-order valence-electron chi connectivity index (χ1n) is 6.38. The predicted octanol–water partition coefficient (Wildman–Crippen LogP) is 3.78. The average Bonchev–Trinajstić information content (AvgIpc) is 2.96. The minimum Gasteiger partial charge on any atom is -0.347 e. The molecule has 22 heavy (non-hydrogen) atoms. The summed E-state index contributed by atoms with van der Waals surface area (Å²) in [5.74, 6) is -0.330. The maximum Gasteiger partial charge on any atom is 0.261 e. The van der Waals surface area contributed by atoms with E-state index < -0.39 is 9.84 Å². The number of nitrogens with one attached hydrogen (secondary N) is 1. The van der Waals surface area contributed by atoms with Crippen LogP contribution in [0.5, 0.6) is 0 Å². The van der Waals surface area contributed by atoms with Crippen molar-refractivity contribution in [2.75, 3.05) is 5.75 Å². The number of carbonyl (C=O) groups is 1. The zero-order chi connectivity index (χ0) is 16.3. The Morgan fingerprint density at radius 1 is 1.23 bits per heavy atom. The highest BCUT2D eigenvalue weighted by atomic mass is 35.5. The summed E-state index contributed by atoms with van der Waals surface area (Å²) in [6, 6.07) is 7.97. The Bertz CT molecular complexity index is 800. The zero-order valence-electron chi connectivity index (χ0n) is 11.6. The van der Waals surface area contributed by atoms with Crippen LogP contribution in [0.1, 0.15) is 22.2 Å². The molecule has 8 heteroatoms. The molecule has 0 radical (unpaired) electrons. The molecule has 0 fully saturated rings. The summed E-state index contributed by atoms with van der Waals surface area (Å²) in [7, 11) is -3.29. The number of carbonyl (C=O) groups excluding carboxylic acids is 1. The van der Waals surface area contributed by atoms with E-state index in [1.165, 1.54) is 12.1 Å². The van der Waals surface area contributed by atoms with E-state index in [0.29, 0.717) is 14.9 Å². The van der Waals surface area contributed by atoms with Gasteiger partial charge in [0.15, 0.2) is 9.84 Å². The molecule has 0 saturated carbocycles. The van der Waals surface area contributed by atoms with Crippen LogP contribution in [0.4, 0.5) is 0 Å². The minimum atomic E-state index is -3.29. The van der Waals surface area contributed by atoms with Crippen molar-refractivity contribution < 1.29 is 13.2 Å². The summed E-state index contributed by atoms with van der Waals surface area (Å²) in [4.78, 5) is 12.4. The maximum absolute atomic E-state index is 12.1. The molecule has 0 aliphatic rings. The van der Waals surface area contributed by atoms with Gasteiger partial charge in [-0.2, -0.15) is 0 Å². The van der Waals surface area contributed by atoms with Gasteiger partial charge in [0.2, 0.25) is 0 Å². The molecule has 1 aromatic carbocycles. The third-order valence-electron chi connectivity index (χ3n) is 2.95. The standard InChI is InChI=1S/C14H13Cl2NO3S2/c1-2-22(19,20)13-6-5-12(21-13)14(18)17-8-9-3-4-10(15)7-11(9)16/h3-7H,2,8H2,1H3,(H,17,18). The molecule has 0 atom stereocenters. The number of sulfone groups is 1. The molecule has 1 N–H and O–H groups in total. The second-order valence-electron chi connectivity index (χ2n) is 4.44. The van der Waals surface area contributed by atoms with Crippen LogP contribution in [0, 0.1) is 0 Å². The van der Waals surface area contributed by atoms with Crippen molar-refractivity contribution in [2.24, 2.45) is 0 Å². The van der Waals surface area contributed by atoms with Crippen LogP contribution < -0.4 is 5.32 Å². The molecule has 1 amide bonds. The summed E-state index contributed by atoms with van der Waals surface area (Å²) in [6.45, 7) is 1.81. The number of halogens is 2. The Morgan fingerprint density at radius 3 is 2.59 bits per heavy atom. The normalized spacial score (nSPS) is 11.4. The van der Waals surface area contributed by atoms with Crippen LogP contribution in [0.2, 0.25) is 10.0 Å². The predicted molar refractivity (Wildman–Crippen MR) is 89.7 cm³/mol. The Kier molecular flexibility index (Phi) is 5.50. The van der Waals surface area contributed by atoms with Crippen molar-refractivity contribution in [3.8, 4) is 0 Å². The summed E-state index contributed by atoms with van der Waals surface area (Å²) >= 11 is 12.8. The van der Waals surface area contributed by atoms with Crippen molar-refractivity contribution in [3.05, 3.63) is 50.8 Å². The first-order valence-corrected chi connectivity index (χ1v) is 9.60. The first kappa shape index (κ1) is 17.3. The van der Waals surface area contributed by atoms with Crippen molar-refractivity contribution in [1.82, 2.24) is 5.32 Å². The van der Waals surface area contributed by atoms with E-state index in [4.69, 9.17) is 23.2 Å². The molecule has 0 unspecified atom stereocenters. The van der Waals surface area contributed by atoms with Gasteiger partial charge in [-0.05, 0) is 29.8 Å². The van der Waals surface area contributed by atoms with Gasteiger partial charge in [0.1, 0.15) is 4.21 Å². The monoisotopic (exact) mass is 377 g/mol. The first-order chi connectivity index (χ1) is 10.3. The van der Waals surface area contributed by atoms with E-state index in [1.54, 1.807) is 25.1 Å². The summed E-state index contributed by atoms with van der Waals surface area (Å²) in [5, 5.41) is 3.69. The number of rotatable bonds is 5. The van der Waals surface area contributed by atoms with Crippen LogP contribution in [0.25, 0.3) is 0 Å². The van der Waals surface area contributed by atoms with E-state index in [1.807, 2.05) is 0 Å². The van der Waals surface area contributed by atoms with Gasteiger partial charge in [0.25, 0.3) is 5.91 Å². The molecule has 0 saturated heterocycles. The summed E-state index contributed by atoms with van der Waals surface area (Å²) in [6.07, 6.45) is 0. The van der Waals surface area contributed by atoms with Crippen molar-refractivity contribution in [1.29, 1.82) is 0 Å². The third kappa shape index (κ3) is 4.01. The molecule has 4 nitrogen and oxygen atoms in total. The fraction of sp³-hybridized carbons (Fsp3) is 0.214. The number of thiophene rings is 1. The molecular weight excluding hydrogens is 365 g/mol. The molecule has 2 rings (SSSR count). The second kappa shape index (κ2) is 7.00. The number of benzene rings is 1. The molecule has 1 heterocycles. The molecule has 0 aliphatic heterocycles. The van der Waals surface area contributed by atoms with Crippen LogP contribution in [0.3, 0.4) is 0 Å². The lowest BCUT2D eigenvalue weighted by Gasteiger charge is -2.06. The minimum absolute atomic E-state index is 0.00888. The highest BCUT2D eigenvalue weighted by Gasteiger charge is 2.17. The van der Waals surface area contributed by atoms with E-state index in [9.17, 15) is 13.2 Å². The molecule has 118 valence electrons. The van der Waals surface area contributed by atoms with Crippen LogP contribution >= 0.6 is 34.5 Å². The lowest BCUT2D eigenvalue weighted by molar-refractivity contribution is 0.0955. The average molecular weight is 378 g/mol. The molecule has 0 aliphatic carbocycles. The fourth-order valence-electron chi connectivity index (χ4n) is 1.68. The lowest BCUT2D eigenvalue weighted by atomic mass is 10.2. The Morgan fingerprint density at radius 2 is 1.95 bits per heavy atom. The fourth-order valence-corrected chi connectivity index (χ4v) is 4.50. The number of amides is 1. The van der Waals surface area contributed by atoms with Crippen molar-refractivity contribution in [3.63, 3.8) is 0 Å². The van der Waals surface area contributed by atoms with Crippen LogP contribution in [-0.4, -0.2) is 20.1 Å². The Hall–Kier alpha value is -1.08. The third-order valence-corrected chi connectivity index (χ3v) is 6.93. The lowest BCUT2D eigenvalue weighted by Crippen LogP contribution is -2.21. The van der Waals surface area contributed by atoms with Gasteiger partial charge in [-0.3, -0.25) is 4.79 Å². The zero-order valence-corrected chi connectivity index (χ0v) is 14.7. The molecule has 0 spiro atoms. The topological polar surface area (TPSA) is 63.2 Å². The highest BCUT2D eigenvalue weighted by molar-refractivity contribution is 7.93. The second-order valence-corrected chi connectivity index (χ2v) is 8.87. The summed E-state index contributed by atoms with van der Waals surface area (Å²) in [5.41, 5.74) is 0.734. The van der Waals surface area contributed by atoms with Crippen LogP contribution in [0.15, 0.2) is 34.5 Å². The van der Waals surface area contributed by atoms with E-state index in [2.05, 4.69) is 5.32 Å². The van der Waals surface area contributed by atoms with Crippen LogP contribution in [-0.2, 0) is 16.4 Å². The van der Waals surface area contributed by atoms with Crippen molar-refractivity contribution >= 4 is 50.3 Å².